The van der Waals surface area contributed by atoms with Crippen LogP contribution >= 0.6 is 23.7 Å². The van der Waals surface area contributed by atoms with Gasteiger partial charge in [-0.2, -0.15) is 11.3 Å². The zero-order chi connectivity index (χ0) is 14.9. The van der Waals surface area contributed by atoms with E-state index in [1.807, 2.05) is 5.38 Å². The van der Waals surface area contributed by atoms with E-state index in [0.29, 0.717) is 25.1 Å². The summed E-state index contributed by atoms with van der Waals surface area (Å²) in [5.74, 6) is -0.138. The molecule has 1 aromatic heterocycles. The molecule has 0 radical (unpaired) electrons. The van der Waals surface area contributed by atoms with Gasteiger partial charge in [-0.15, -0.1) is 12.4 Å². The molecule has 1 aliphatic heterocycles. The molecule has 2 rings (SSSR count). The van der Waals surface area contributed by atoms with Crippen LogP contribution in [0.1, 0.15) is 16.8 Å². The van der Waals surface area contributed by atoms with Crippen molar-refractivity contribution in [1.29, 1.82) is 0 Å². The number of rotatable bonds is 7. The molecule has 0 aliphatic carbocycles. The lowest BCUT2D eigenvalue weighted by molar-refractivity contribution is -0.121. The summed E-state index contributed by atoms with van der Waals surface area (Å²) >= 11 is 1.48. The Morgan fingerprint density at radius 3 is 2.68 bits per heavy atom. The Hall–Kier alpha value is -1.15. The standard InChI is InChI=1S/C14H22N4O2S.ClH/c19-13(16-6-9-18-7-4-15-5-8-18)1-3-17-14(20)12-2-10-21-11-12;/h2,10-11,15H,1,3-9H2,(H,16,19)(H,17,20);1H. The number of amides is 2. The van der Waals surface area contributed by atoms with E-state index in [2.05, 4.69) is 20.9 Å². The van der Waals surface area contributed by atoms with E-state index < -0.39 is 0 Å². The second-order valence-electron chi connectivity index (χ2n) is 4.96. The predicted octanol–water partition coefficient (Wildman–Crippen LogP) is 0.311. The third-order valence-corrected chi connectivity index (χ3v) is 4.06. The van der Waals surface area contributed by atoms with Gasteiger partial charge < -0.3 is 16.0 Å². The number of carbonyl (C=O) groups is 2. The number of thiophene rings is 1. The number of hydrogen-bond acceptors (Lipinski definition) is 5. The lowest BCUT2D eigenvalue weighted by atomic mass is 10.3. The first-order valence-electron chi connectivity index (χ1n) is 7.26. The molecule has 0 aromatic carbocycles. The van der Waals surface area contributed by atoms with Crippen LogP contribution in [0.15, 0.2) is 16.8 Å². The fraction of sp³-hybridized carbons (Fsp3) is 0.571. The van der Waals surface area contributed by atoms with E-state index in [1.165, 1.54) is 11.3 Å². The molecule has 0 saturated carbocycles. The van der Waals surface area contributed by atoms with Crippen LogP contribution in [-0.4, -0.2) is 62.5 Å². The first kappa shape index (κ1) is 18.9. The lowest BCUT2D eigenvalue weighted by Crippen LogP contribution is -2.46. The van der Waals surface area contributed by atoms with Crippen LogP contribution in [0.4, 0.5) is 0 Å². The fourth-order valence-electron chi connectivity index (χ4n) is 2.16. The topological polar surface area (TPSA) is 73.5 Å². The highest BCUT2D eigenvalue weighted by Gasteiger charge is 2.10. The Morgan fingerprint density at radius 1 is 1.23 bits per heavy atom. The largest absolute Gasteiger partial charge is 0.355 e. The van der Waals surface area contributed by atoms with Gasteiger partial charge in [0, 0.05) is 63.2 Å². The molecule has 0 unspecified atom stereocenters. The maximum absolute atomic E-state index is 11.7. The van der Waals surface area contributed by atoms with Crippen LogP contribution in [0.25, 0.3) is 0 Å². The number of nitrogens with zero attached hydrogens (tertiary/aromatic N) is 1. The highest BCUT2D eigenvalue weighted by Crippen LogP contribution is 2.04. The van der Waals surface area contributed by atoms with Gasteiger partial charge in [0.1, 0.15) is 0 Å². The summed E-state index contributed by atoms with van der Waals surface area (Å²) in [6, 6.07) is 1.77. The molecule has 0 bridgehead atoms. The molecule has 0 atom stereocenters. The molecule has 2 amide bonds. The number of piperazine rings is 1. The van der Waals surface area contributed by atoms with Gasteiger partial charge in [-0.3, -0.25) is 14.5 Å². The molecule has 6 nitrogen and oxygen atoms in total. The van der Waals surface area contributed by atoms with Crippen LogP contribution in [0, 0.1) is 0 Å². The minimum Gasteiger partial charge on any atom is -0.355 e. The van der Waals surface area contributed by atoms with E-state index >= 15 is 0 Å². The number of halogens is 1. The number of nitrogens with one attached hydrogen (secondary N) is 3. The number of hydrogen-bond donors (Lipinski definition) is 3. The lowest BCUT2D eigenvalue weighted by Gasteiger charge is -2.27. The van der Waals surface area contributed by atoms with Gasteiger partial charge in [-0.25, -0.2) is 0 Å². The van der Waals surface area contributed by atoms with E-state index in [1.54, 1.807) is 11.4 Å². The Labute approximate surface area is 141 Å². The molecule has 3 N–H and O–H groups in total. The maximum Gasteiger partial charge on any atom is 0.252 e. The molecule has 1 fully saturated rings. The third-order valence-electron chi connectivity index (χ3n) is 3.38. The molecule has 1 aromatic rings. The van der Waals surface area contributed by atoms with Crippen LogP contribution in [0.2, 0.25) is 0 Å². The average Bonchev–Trinajstić information content (AvgIpc) is 3.02. The fourth-order valence-corrected chi connectivity index (χ4v) is 2.80. The van der Waals surface area contributed by atoms with Crippen molar-refractivity contribution < 1.29 is 9.59 Å². The molecule has 0 spiro atoms. The Bertz CT molecular complexity index is 450. The molecular formula is C14H23ClN4O2S. The molecule has 1 saturated heterocycles. The Balaban J connectivity index is 0.00000242. The molecule has 124 valence electrons. The monoisotopic (exact) mass is 346 g/mol. The second kappa shape index (κ2) is 10.6. The van der Waals surface area contributed by atoms with E-state index in [-0.39, 0.29) is 24.2 Å². The Morgan fingerprint density at radius 2 is 2.00 bits per heavy atom. The van der Waals surface area contributed by atoms with Crippen molar-refractivity contribution in [1.82, 2.24) is 20.9 Å². The summed E-state index contributed by atoms with van der Waals surface area (Å²) < 4.78 is 0. The summed E-state index contributed by atoms with van der Waals surface area (Å²) in [5.41, 5.74) is 0.652. The molecule has 1 aliphatic rings. The van der Waals surface area contributed by atoms with Crippen LogP contribution in [0.3, 0.4) is 0 Å². The molecule has 22 heavy (non-hydrogen) atoms. The first-order valence-corrected chi connectivity index (χ1v) is 8.20. The summed E-state index contributed by atoms with van der Waals surface area (Å²) in [6.45, 7) is 6.02. The second-order valence-corrected chi connectivity index (χ2v) is 5.74. The zero-order valence-corrected chi connectivity index (χ0v) is 14.1. The first-order chi connectivity index (χ1) is 10.3. The van der Waals surface area contributed by atoms with Crippen LogP contribution < -0.4 is 16.0 Å². The summed E-state index contributed by atoms with van der Waals surface area (Å²) in [4.78, 5) is 25.6. The van der Waals surface area contributed by atoms with Crippen LogP contribution in [-0.2, 0) is 4.79 Å². The quantitative estimate of drug-likeness (QED) is 0.664. The van der Waals surface area contributed by atoms with Crippen molar-refractivity contribution in [2.75, 3.05) is 45.8 Å². The van der Waals surface area contributed by atoms with E-state index in [9.17, 15) is 9.59 Å². The van der Waals surface area contributed by atoms with E-state index in [0.717, 1.165) is 32.7 Å². The number of carbonyl (C=O) groups excluding carboxylic acids is 2. The van der Waals surface area contributed by atoms with Gasteiger partial charge in [0.25, 0.3) is 5.91 Å². The minimum atomic E-state index is -0.120. The van der Waals surface area contributed by atoms with Gasteiger partial charge in [-0.1, -0.05) is 0 Å². The van der Waals surface area contributed by atoms with Crippen LogP contribution in [0.5, 0.6) is 0 Å². The van der Waals surface area contributed by atoms with Crippen molar-refractivity contribution in [2.45, 2.75) is 6.42 Å². The maximum atomic E-state index is 11.7. The zero-order valence-electron chi connectivity index (χ0n) is 12.5. The highest BCUT2D eigenvalue weighted by atomic mass is 35.5. The molecule has 2 heterocycles. The summed E-state index contributed by atoms with van der Waals surface area (Å²) in [7, 11) is 0. The van der Waals surface area contributed by atoms with Gasteiger partial charge in [0.15, 0.2) is 0 Å². The summed E-state index contributed by atoms with van der Waals surface area (Å²) in [6.07, 6.45) is 0.317. The van der Waals surface area contributed by atoms with Crippen molar-refractivity contribution in [3.8, 4) is 0 Å². The summed E-state index contributed by atoms with van der Waals surface area (Å²) in [5, 5.41) is 12.6. The van der Waals surface area contributed by atoms with Gasteiger partial charge in [0.05, 0.1) is 0 Å². The van der Waals surface area contributed by atoms with Gasteiger partial charge >= 0.3 is 0 Å². The smallest absolute Gasteiger partial charge is 0.252 e. The average molecular weight is 347 g/mol. The minimum absolute atomic E-state index is 0. The molecular weight excluding hydrogens is 324 g/mol. The van der Waals surface area contributed by atoms with E-state index in [4.69, 9.17) is 0 Å². The third kappa shape index (κ3) is 6.74. The van der Waals surface area contributed by atoms with Crippen molar-refractivity contribution in [3.05, 3.63) is 22.4 Å². The van der Waals surface area contributed by atoms with Crippen molar-refractivity contribution in [3.63, 3.8) is 0 Å². The van der Waals surface area contributed by atoms with Crippen molar-refractivity contribution in [2.24, 2.45) is 0 Å². The van der Waals surface area contributed by atoms with Gasteiger partial charge in [-0.05, 0) is 11.4 Å². The SMILES string of the molecule is Cl.O=C(CCNC(=O)c1ccsc1)NCCN1CCNCC1. The highest BCUT2D eigenvalue weighted by molar-refractivity contribution is 7.08. The normalized spacial score (nSPS) is 14.9. The van der Waals surface area contributed by atoms with Crippen molar-refractivity contribution >= 4 is 35.6 Å². The Kier molecular flexibility index (Phi) is 9.07. The van der Waals surface area contributed by atoms with Gasteiger partial charge in [0.2, 0.25) is 5.91 Å². The predicted molar refractivity (Wildman–Crippen MR) is 90.8 cm³/mol. The molecule has 8 heteroatoms.